The van der Waals surface area contributed by atoms with Gasteiger partial charge in [-0.05, 0) is 61.2 Å². The SMILES string of the molecule is CCCN(CC(=O)N(Cc1ccccc1)C1CCN(C(=O)c2ccc(F)cc2)CC1)S(=O)(=O)c1ccccc1. The van der Waals surface area contributed by atoms with Crippen LogP contribution in [0.2, 0.25) is 0 Å². The molecule has 7 nitrogen and oxygen atoms in total. The predicted octanol–water partition coefficient (Wildman–Crippen LogP) is 4.56. The van der Waals surface area contributed by atoms with E-state index in [0.717, 1.165) is 5.56 Å². The highest BCUT2D eigenvalue weighted by Crippen LogP contribution is 2.23. The molecule has 0 atom stereocenters. The van der Waals surface area contributed by atoms with Gasteiger partial charge in [-0.1, -0.05) is 55.5 Å². The number of piperidine rings is 1. The van der Waals surface area contributed by atoms with Gasteiger partial charge in [-0.3, -0.25) is 9.59 Å². The van der Waals surface area contributed by atoms with Gasteiger partial charge in [0.15, 0.2) is 0 Å². The van der Waals surface area contributed by atoms with Crippen LogP contribution in [0.1, 0.15) is 42.1 Å². The maximum absolute atomic E-state index is 13.8. The van der Waals surface area contributed by atoms with Crippen LogP contribution in [0.4, 0.5) is 4.39 Å². The van der Waals surface area contributed by atoms with Gasteiger partial charge < -0.3 is 9.80 Å². The zero-order valence-corrected chi connectivity index (χ0v) is 22.9. The Labute approximate surface area is 229 Å². The standard InChI is InChI=1S/C30H34FN3O4S/c1-2-19-33(39(37,38)28-11-7-4-8-12-28)23-29(35)34(22-24-9-5-3-6-10-24)27-17-20-32(21-18-27)30(36)25-13-15-26(31)16-14-25/h3-16,27H,2,17-23H2,1H3. The van der Waals surface area contributed by atoms with Crippen molar-refractivity contribution in [2.75, 3.05) is 26.2 Å². The van der Waals surface area contributed by atoms with Crippen LogP contribution in [0.5, 0.6) is 0 Å². The fourth-order valence-corrected chi connectivity index (χ4v) is 6.38. The summed E-state index contributed by atoms with van der Waals surface area (Å²) in [6, 6.07) is 23.1. The van der Waals surface area contributed by atoms with Crippen LogP contribution in [0, 0.1) is 5.82 Å². The Bertz CT molecular complexity index is 1340. The van der Waals surface area contributed by atoms with Crippen LogP contribution in [0.15, 0.2) is 89.8 Å². The largest absolute Gasteiger partial charge is 0.338 e. The molecule has 3 aromatic carbocycles. The van der Waals surface area contributed by atoms with Crippen molar-refractivity contribution in [1.82, 2.24) is 14.1 Å². The van der Waals surface area contributed by atoms with E-state index in [1.807, 2.05) is 37.3 Å². The number of benzene rings is 3. The molecule has 1 heterocycles. The van der Waals surface area contributed by atoms with E-state index in [9.17, 15) is 22.4 Å². The van der Waals surface area contributed by atoms with Crippen molar-refractivity contribution >= 4 is 21.8 Å². The first kappa shape index (κ1) is 28.4. The molecule has 1 aliphatic rings. The summed E-state index contributed by atoms with van der Waals surface area (Å²) in [5, 5.41) is 0. The second kappa shape index (κ2) is 13.0. The highest BCUT2D eigenvalue weighted by molar-refractivity contribution is 7.89. The second-order valence-electron chi connectivity index (χ2n) is 9.69. The number of halogens is 1. The zero-order valence-electron chi connectivity index (χ0n) is 22.1. The average molecular weight is 552 g/mol. The monoisotopic (exact) mass is 551 g/mol. The third-order valence-electron chi connectivity index (χ3n) is 6.97. The van der Waals surface area contributed by atoms with Gasteiger partial charge in [-0.25, -0.2) is 12.8 Å². The lowest BCUT2D eigenvalue weighted by molar-refractivity contribution is -0.135. The van der Waals surface area contributed by atoms with Gasteiger partial charge in [0.05, 0.1) is 11.4 Å². The number of hydrogen-bond acceptors (Lipinski definition) is 4. The third-order valence-corrected chi connectivity index (χ3v) is 8.82. The van der Waals surface area contributed by atoms with Crippen molar-refractivity contribution in [3.8, 4) is 0 Å². The van der Waals surface area contributed by atoms with Crippen LogP contribution in [0.3, 0.4) is 0 Å². The van der Waals surface area contributed by atoms with E-state index in [0.29, 0.717) is 44.5 Å². The summed E-state index contributed by atoms with van der Waals surface area (Å²) in [5.41, 5.74) is 1.37. The molecule has 0 unspecified atom stereocenters. The molecule has 2 amide bonds. The number of carbonyl (C=O) groups is 2. The van der Waals surface area contributed by atoms with Gasteiger partial charge in [-0.15, -0.1) is 0 Å². The Kier molecular flexibility index (Phi) is 9.48. The smallest absolute Gasteiger partial charge is 0.253 e. The fraction of sp³-hybridized carbons (Fsp3) is 0.333. The van der Waals surface area contributed by atoms with Crippen LogP contribution >= 0.6 is 0 Å². The first-order chi connectivity index (χ1) is 18.8. The van der Waals surface area contributed by atoms with E-state index in [-0.39, 0.29) is 35.8 Å². The molecule has 0 N–H and O–H groups in total. The Morgan fingerprint density at radius 3 is 2.08 bits per heavy atom. The summed E-state index contributed by atoms with van der Waals surface area (Å²) in [4.78, 5) is 30.4. The number of carbonyl (C=O) groups excluding carboxylic acids is 2. The normalized spacial score (nSPS) is 14.4. The molecule has 39 heavy (non-hydrogen) atoms. The summed E-state index contributed by atoms with van der Waals surface area (Å²) in [6.45, 7) is 3.09. The molecule has 206 valence electrons. The Hall–Kier alpha value is -3.56. The van der Waals surface area contributed by atoms with Crippen molar-refractivity contribution in [3.05, 3.63) is 102 Å². The topological polar surface area (TPSA) is 78.0 Å². The Morgan fingerprint density at radius 2 is 1.49 bits per heavy atom. The molecule has 0 bridgehead atoms. The molecule has 3 aromatic rings. The van der Waals surface area contributed by atoms with E-state index in [4.69, 9.17) is 0 Å². The molecule has 4 rings (SSSR count). The molecule has 0 spiro atoms. The molecular weight excluding hydrogens is 517 g/mol. The first-order valence-electron chi connectivity index (χ1n) is 13.2. The lowest BCUT2D eigenvalue weighted by atomic mass is 10.0. The molecule has 0 radical (unpaired) electrons. The molecule has 1 aliphatic heterocycles. The van der Waals surface area contributed by atoms with Gasteiger partial charge in [-0.2, -0.15) is 4.31 Å². The molecular formula is C30H34FN3O4S. The Balaban J connectivity index is 1.51. The van der Waals surface area contributed by atoms with Crippen LogP contribution in [-0.4, -0.2) is 66.6 Å². The lowest BCUT2D eigenvalue weighted by Crippen LogP contribution is -2.51. The number of nitrogens with zero attached hydrogens (tertiary/aromatic N) is 3. The van der Waals surface area contributed by atoms with Crippen molar-refractivity contribution in [1.29, 1.82) is 0 Å². The summed E-state index contributed by atoms with van der Waals surface area (Å²) in [6.07, 6.45) is 1.69. The summed E-state index contributed by atoms with van der Waals surface area (Å²) in [5.74, 6) is -0.834. The molecule has 0 aliphatic carbocycles. The lowest BCUT2D eigenvalue weighted by Gasteiger charge is -2.39. The van der Waals surface area contributed by atoms with Gasteiger partial charge in [0, 0.05) is 37.8 Å². The van der Waals surface area contributed by atoms with Gasteiger partial charge in [0.2, 0.25) is 15.9 Å². The average Bonchev–Trinajstić information content (AvgIpc) is 2.97. The van der Waals surface area contributed by atoms with Gasteiger partial charge >= 0.3 is 0 Å². The minimum atomic E-state index is -3.84. The summed E-state index contributed by atoms with van der Waals surface area (Å²) < 4.78 is 41.3. The number of sulfonamides is 1. The maximum Gasteiger partial charge on any atom is 0.253 e. The van der Waals surface area contributed by atoms with Crippen molar-refractivity contribution < 1.29 is 22.4 Å². The Morgan fingerprint density at radius 1 is 0.897 bits per heavy atom. The number of rotatable bonds is 10. The van der Waals surface area contributed by atoms with E-state index >= 15 is 0 Å². The van der Waals surface area contributed by atoms with Gasteiger partial charge in [0.1, 0.15) is 5.82 Å². The van der Waals surface area contributed by atoms with Gasteiger partial charge in [0.25, 0.3) is 5.91 Å². The number of hydrogen-bond donors (Lipinski definition) is 0. The number of amides is 2. The van der Waals surface area contributed by atoms with Crippen LogP contribution in [-0.2, 0) is 21.4 Å². The van der Waals surface area contributed by atoms with E-state index in [1.54, 1.807) is 28.0 Å². The highest BCUT2D eigenvalue weighted by atomic mass is 32.2. The van der Waals surface area contributed by atoms with E-state index < -0.39 is 15.8 Å². The summed E-state index contributed by atoms with van der Waals surface area (Å²) >= 11 is 0. The van der Waals surface area contributed by atoms with Crippen molar-refractivity contribution in [3.63, 3.8) is 0 Å². The van der Waals surface area contributed by atoms with E-state index in [2.05, 4.69) is 0 Å². The molecule has 1 fully saturated rings. The van der Waals surface area contributed by atoms with Crippen molar-refractivity contribution in [2.45, 2.75) is 43.7 Å². The second-order valence-corrected chi connectivity index (χ2v) is 11.6. The zero-order chi connectivity index (χ0) is 27.8. The molecule has 0 aromatic heterocycles. The summed E-state index contributed by atoms with van der Waals surface area (Å²) in [7, 11) is -3.84. The van der Waals surface area contributed by atoms with Crippen LogP contribution in [0.25, 0.3) is 0 Å². The van der Waals surface area contributed by atoms with E-state index in [1.165, 1.54) is 40.7 Å². The number of likely N-dealkylation sites (tertiary alicyclic amines) is 1. The minimum absolute atomic E-state index is 0.155. The first-order valence-corrected chi connectivity index (χ1v) is 14.7. The van der Waals surface area contributed by atoms with Crippen molar-refractivity contribution in [2.24, 2.45) is 0 Å². The highest BCUT2D eigenvalue weighted by Gasteiger charge is 2.33. The predicted molar refractivity (Wildman–Crippen MR) is 148 cm³/mol. The minimum Gasteiger partial charge on any atom is -0.338 e. The molecule has 9 heteroatoms. The molecule has 1 saturated heterocycles. The maximum atomic E-state index is 13.8. The fourth-order valence-electron chi connectivity index (χ4n) is 4.87. The molecule has 0 saturated carbocycles. The third kappa shape index (κ3) is 7.10. The quantitative estimate of drug-likeness (QED) is 0.370. The van der Waals surface area contributed by atoms with Crippen LogP contribution < -0.4 is 0 Å².